The van der Waals surface area contributed by atoms with Crippen molar-refractivity contribution in [3.05, 3.63) is 41.7 Å². The van der Waals surface area contributed by atoms with Crippen LogP contribution in [0.4, 0.5) is 4.79 Å². The predicted octanol–water partition coefficient (Wildman–Crippen LogP) is 1.19. The molecule has 0 fully saturated rings. The Bertz CT molecular complexity index is 524. The number of aromatic nitrogens is 3. The summed E-state index contributed by atoms with van der Waals surface area (Å²) in [4.78, 5) is 10.9. The van der Waals surface area contributed by atoms with Gasteiger partial charge in [-0.2, -0.15) is 15.4 Å². The molecule has 0 spiro atoms. The summed E-state index contributed by atoms with van der Waals surface area (Å²) < 4.78 is 10.1. The molecule has 0 unspecified atom stereocenters. The third-order valence-corrected chi connectivity index (χ3v) is 2.60. The molecule has 0 saturated heterocycles. The maximum absolute atomic E-state index is 10.9. The lowest BCUT2D eigenvalue weighted by Gasteiger charge is -2.14. The maximum Gasteiger partial charge on any atom is 0.405 e. The number of amides is 1. The van der Waals surface area contributed by atoms with Gasteiger partial charge in [0.05, 0.1) is 13.3 Å². The summed E-state index contributed by atoms with van der Waals surface area (Å²) >= 11 is 0. The Balaban J connectivity index is 2.12. The van der Waals surface area contributed by atoms with E-state index in [0.29, 0.717) is 12.1 Å². The molecule has 2 aromatic rings. The number of nitrogens with one attached hydrogen (secondary N) is 1. The highest BCUT2D eigenvalue weighted by atomic mass is 16.6. The molecule has 100 valence electrons. The molecule has 0 radical (unpaired) electrons. The first-order valence-electron chi connectivity index (χ1n) is 5.63. The van der Waals surface area contributed by atoms with Gasteiger partial charge in [-0.3, -0.25) is 0 Å². The van der Waals surface area contributed by atoms with Crippen molar-refractivity contribution >= 4 is 6.09 Å². The zero-order valence-corrected chi connectivity index (χ0v) is 10.4. The summed E-state index contributed by atoms with van der Waals surface area (Å²) in [6.45, 7) is 0. The fourth-order valence-corrected chi connectivity index (χ4v) is 1.69. The van der Waals surface area contributed by atoms with Gasteiger partial charge in [-0.15, -0.1) is 0 Å². The van der Waals surface area contributed by atoms with Crippen molar-refractivity contribution in [3.8, 4) is 5.75 Å². The molecular formula is C12H14N4O3. The van der Waals surface area contributed by atoms with Gasteiger partial charge in [-0.1, -0.05) is 12.1 Å². The van der Waals surface area contributed by atoms with E-state index in [0.717, 1.165) is 11.3 Å². The number of aromatic amines is 1. The van der Waals surface area contributed by atoms with Crippen molar-refractivity contribution in [1.82, 2.24) is 15.4 Å². The fraction of sp³-hybridized carbons (Fsp3) is 0.250. The standard InChI is InChI=1S/C12H14N4O3/c1-18-9-4-2-8(3-5-9)6-11(19-12(13)17)10-7-14-16-15-10/h2-5,7,11H,6H2,1H3,(H2,13,17)(H,14,15,16)/t11-/m0/s1. The van der Waals surface area contributed by atoms with E-state index in [-0.39, 0.29) is 0 Å². The first-order chi connectivity index (χ1) is 9.19. The number of rotatable bonds is 5. The van der Waals surface area contributed by atoms with E-state index in [1.165, 1.54) is 6.20 Å². The molecule has 0 saturated carbocycles. The number of nitrogens with two attached hydrogens (primary N) is 1. The Kier molecular flexibility index (Phi) is 3.97. The van der Waals surface area contributed by atoms with E-state index >= 15 is 0 Å². The number of methoxy groups -OCH3 is 1. The van der Waals surface area contributed by atoms with E-state index in [1.807, 2.05) is 24.3 Å². The van der Waals surface area contributed by atoms with Crippen LogP contribution in [0.15, 0.2) is 30.5 Å². The molecule has 3 N–H and O–H groups in total. The second kappa shape index (κ2) is 5.85. The van der Waals surface area contributed by atoms with Crippen LogP contribution in [0.3, 0.4) is 0 Å². The van der Waals surface area contributed by atoms with Crippen molar-refractivity contribution in [2.24, 2.45) is 5.73 Å². The van der Waals surface area contributed by atoms with Crippen LogP contribution >= 0.6 is 0 Å². The largest absolute Gasteiger partial charge is 0.497 e. The summed E-state index contributed by atoms with van der Waals surface area (Å²) in [5.74, 6) is 0.762. The van der Waals surface area contributed by atoms with Gasteiger partial charge in [-0.05, 0) is 17.7 Å². The SMILES string of the molecule is COc1ccc(C[C@H](OC(N)=O)c2cn[nH]n2)cc1. The summed E-state index contributed by atoms with van der Waals surface area (Å²) in [7, 11) is 1.60. The fourth-order valence-electron chi connectivity index (χ4n) is 1.69. The highest BCUT2D eigenvalue weighted by Gasteiger charge is 2.18. The van der Waals surface area contributed by atoms with Crippen LogP contribution in [0.25, 0.3) is 0 Å². The Labute approximate surface area is 109 Å². The lowest BCUT2D eigenvalue weighted by Crippen LogP contribution is -2.19. The van der Waals surface area contributed by atoms with Crippen LogP contribution < -0.4 is 10.5 Å². The van der Waals surface area contributed by atoms with Crippen molar-refractivity contribution in [3.63, 3.8) is 0 Å². The summed E-state index contributed by atoms with van der Waals surface area (Å²) in [5.41, 5.74) is 6.55. The number of hydrogen-bond donors (Lipinski definition) is 2. The Morgan fingerprint density at radius 3 is 2.68 bits per heavy atom. The quantitative estimate of drug-likeness (QED) is 0.842. The number of nitrogens with zero attached hydrogens (tertiary/aromatic N) is 2. The van der Waals surface area contributed by atoms with E-state index < -0.39 is 12.2 Å². The van der Waals surface area contributed by atoms with Crippen LogP contribution in [0.2, 0.25) is 0 Å². The van der Waals surface area contributed by atoms with Crippen LogP contribution in [0.1, 0.15) is 17.4 Å². The number of benzene rings is 1. The third-order valence-electron chi connectivity index (χ3n) is 2.60. The van der Waals surface area contributed by atoms with Gasteiger partial charge in [0.25, 0.3) is 0 Å². The van der Waals surface area contributed by atoms with Gasteiger partial charge in [-0.25, -0.2) is 4.79 Å². The lowest BCUT2D eigenvalue weighted by molar-refractivity contribution is 0.104. The molecule has 7 heteroatoms. The maximum atomic E-state index is 10.9. The van der Waals surface area contributed by atoms with Gasteiger partial charge in [0.15, 0.2) is 6.10 Å². The van der Waals surface area contributed by atoms with Crippen molar-refractivity contribution < 1.29 is 14.3 Å². The normalized spacial score (nSPS) is 11.8. The topological polar surface area (TPSA) is 103 Å². The van der Waals surface area contributed by atoms with Crippen molar-refractivity contribution in [2.45, 2.75) is 12.5 Å². The molecule has 0 aliphatic rings. The predicted molar refractivity (Wildman–Crippen MR) is 66.5 cm³/mol. The van der Waals surface area contributed by atoms with E-state index in [4.69, 9.17) is 15.2 Å². The van der Waals surface area contributed by atoms with Gasteiger partial charge in [0.2, 0.25) is 0 Å². The number of ether oxygens (including phenoxy) is 2. The molecule has 0 aliphatic carbocycles. The first kappa shape index (κ1) is 12.9. The van der Waals surface area contributed by atoms with Crippen LogP contribution in [-0.2, 0) is 11.2 Å². The molecule has 1 amide bonds. The minimum absolute atomic E-state index is 0.458. The van der Waals surface area contributed by atoms with Gasteiger partial charge in [0, 0.05) is 6.42 Å². The van der Waals surface area contributed by atoms with Crippen molar-refractivity contribution in [1.29, 1.82) is 0 Å². The number of hydrogen-bond acceptors (Lipinski definition) is 5. The Morgan fingerprint density at radius 2 is 2.16 bits per heavy atom. The van der Waals surface area contributed by atoms with E-state index in [9.17, 15) is 4.79 Å². The molecule has 19 heavy (non-hydrogen) atoms. The first-order valence-corrected chi connectivity index (χ1v) is 5.63. The summed E-state index contributed by atoms with van der Waals surface area (Å²) in [5, 5.41) is 10.1. The molecule has 1 heterocycles. The average molecular weight is 262 g/mol. The molecule has 2 rings (SSSR count). The monoisotopic (exact) mass is 262 g/mol. The number of carbonyl (C=O) groups is 1. The molecule has 0 aliphatic heterocycles. The van der Waals surface area contributed by atoms with Gasteiger partial charge < -0.3 is 15.2 Å². The highest BCUT2D eigenvalue weighted by molar-refractivity contribution is 5.65. The van der Waals surface area contributed by atoms with Gasteiger partial charge in [0.1, 0.15) is 11.4 Å². The van der Waals surface area contributed by atoms with E-state index in [1.54, 1.807) is 7.11 Å². The second-order valence-electron chi connectivity index (χ2n) is 3.87. The minimum Gasteiger partial charge on any atom is -0.497 e. The van der Waals surface area contributed by atoms with Crippen LogP contribution in [-0.4, -0.2) is 28.6 Å². The molecule has 1 atom stereocenters. The number of primary amides is 1. The average Bonchev–Trinajstić information content (AvgIpc) is 2.92. The summed E-state index contributed by atoms with van der Waals surface area (Å²) in [6, 6.07) is 7.44. The smallest absolute Gasteiger partial charge is 0.405 e. The number of carbonyl (C=O) groups excluding carboxylic acids is 1. The molecule has 0 bridgehead atoms. The Hall–Kier alpha value is -2.57. The molecule has 1 aromatic heterocycles. The Morgan fingerprint density at radius 1 is 1.42 bits per heavy atom. The van der Waals surface area contributed by atoms with Crippen molar-refractivity contribution in [2.75, 3.05) is 7.11 Å². The molecule has 7 nitrogen and oxygen atoms in total. The minimum atomic E-state index is -0.846. The molecule has 1 aromatic carbocycles. The summed E-state index contributed by atoms with van der Waals surface area (Å²) in [6.07, 6.45) is 0.544. The third kappa shape index (κ3) is 3.44. The number of H-pyrrole nitrogens is 1. The zero-order chi connectivity index (χ0) is 13.7. The van der Waals surface area contributed by atoms with Gasteiger partial charge >= 0.3 is 6.09 Å². The van der Waals surface area contributed by atoms with Crippen LogP contribution in [0, 0.1) is 0 Å². The zero-order valence-electron chi connectivity index (χ0n) is 10.4. The highest BCUT2D eigenvalue weighted by Crippen LogP contribution is 2.21. The van der Waals surface area contributed by atoms with E-state index in [2.05, 4.69) is 15.4 Å². The molecular weight excluding hydrogens is 248 g/mol. The lowest BCUT2D eigenvalue weighted by atomic mass is 10.1. The second-order valence-corrected chi connectivity index (χ2v) is 3.87. The van der Waals surface area contributed by atoms with Crippen LogP contribution in [0.5, 0.6) is 5.75 Å².